The molecular formula is C15H11N5O3. The molecule has 2 aromatic heterocycles. The number of fused-ring (bicyclic) bond motifs is 1. The van der Waals surface area contributed by atoms with Crippen molar-refractivity contribution in [2.75, 3.05) is 12.8 Å². The van der Waals surface area contributed by atoms with Crippen molar-refractivity contribution in [3.8, 4) is 28.7 Å². The maximum atomic E-state index is 5.64. The molecule has 8 heteroatoms. The fourth-order valence-corrected chi connectivity index (χ4v) is 2.34. The van der Waals surface area contributed by atoms with Gasteiger partial charge in [0.25, 0.3) is 5.89 Å². The van der Waals surface area contributed by atoms with Crippen molar-refractivity contribution in [1.29, 1.82) is 0 Å². The quantitative estimate of drug-likeness (QED) is 0.614. The van der Waals surface area contributed by atoms with Gasteiger partial charge in [-0.1, -0.05) is 29.4 Å². The van der Waals surface area contributed by atoms with Gasteiger partial charge in [0, 0.05) is 0 Å². The summed E-state index contributed by atoms with van der Waals surface area (Å²) in [4.78, 5) is 4.30. The van der Waals surface area contributed by atoms with Crippen LogP contribution in [0.2, 0.25) is 0 Å². The number of nitrogens with two attached hydrogens (primary N) is 1. The lowest BCUT2D eigenvalue weighted by Crippen LogP contribution is -1.91. The first-order valence-corrected chi connectivity index (χ1v) is 6.75. The summed E-state index contributed by atoms with van der Waals surface area (Å²) in [5.74, 6) is 1.23. The number of nitrogens with zero attached hydrogens (tertiary/aromatic N) is 4. The van der Waals surface area contributed by atoms with Crippen molar-refractivity contribution in [1.82, 2.24) is 20.5 Å². The molecule has 0 unspecified atom stereocenters. The van der Waals surface area contributed by atoms with Crippen LogP contribution in [-0.4, -0.2) is 27.6 Å². The largest absolute Gasteiger partial charge is 0.496 e. The maximum Gasteiger partial charge on any atom is 0.262 e. The van der Waals surface area contributed by atoms with Crippen LogP contribution in [0.15, 0.2) is 45.6 Å². The minimum atomic E-state index is 0.0998. The Morgan fingerprint density at radius 1 is 1.04 bits per heavy atom. The summed E-state index contributed by atoms with van der Waals surface area (Å²) in [6, 6.07) is 11.8. The average Bonchev–Trinajstić information content (AvgIpc) is 3.22. The van der Waals surface area contributed by atoms with Gasteiger partial charge < -0.3 is 15.0 Å². The third kappa shape index (κ3) is 2.16. The van der Waals surface area contributed by atoms with Crippen molar-refractivity contribution in [3.63, 3.8) is 0 Å². The topological polar surface area (TPSA) is 113 Å². The molecule has 0 saturated carbocycles. The van der Waals surface area contributed by atoms with Gasteiger partial charge >= 0.3 is 0 Å². The predicted molar refractivity (Wildman–Crippen MR) is 81.5 cm³/mol. The Hall–Kier alpha value is -3.42. The lowest BCUT2D eigenvalue weighted by atomic mass is 10.1. The molecule has 2 aromatic carbocycles. The summed E-state index contributed by atoms with van der Waals surface area (Å²) in [7, 11) is 1.59. The zero-order valence-corrected chi connectivity index (χ0v) is 12.1. The summed E-state index contributed by atoms with van der Waals surface area (Å²) in [5.41, 5.74) is 6.55. The highest BCUT2D eigenvalue weighted by atomic mass is 16.6. The number of rotatable bonds is 3. The lowest BCUT2D eigenvalue weighted by molar-refractivity contribution is 0.310. The van der Waals surface area contributed by atoms with Crippen molar-refractivity contribution >= 4 is 16.6 Å². The molecule has 23 heavy (non-hydrogen) atoms. The number of aromatic nitrogens is 4. The van der Waals surface area contributed by atoms with E-state index in [1.165, 1.54) is 0 Å². The molecule has 0 bridgehead atoms. The summed E-state index contributed by atoms with van der Waals surface area (Å²) >= 11 is 0. The smallest absolute Gasteiger partial charge is 0.262 e. The molecule has 0 atom stereocenters. The Morgan fingerprint density at radius 3 is 2.52 bits per heavy atom. The zero-order chi connectivity index (χ0) is 15.8. The second-order valence-electron chi connectivity index (χ2n) is 4.82. The van der Waals surface area contributed by atoms with Gasteiger partial charge in [0.05, 0.1) is 12.7 Å². The Labute approximate surface area is 129 Å². The van der Waals surface area contributed by atoms with Crippen LogP contribution in [0.4, 0.5) is 5.82 Å². The van der Waals surface area contributed by atoms with E-state index >= 15 is 0 Å². The van der Waals surface area contributed by atoms with Crippen molar-refractivity contribution < 1.29 is 13.9 Å². The van der Waals surface area contributed by atoms with Gasteiger partial charge in [-0.05, 0) is 33.2 Å². The lowest BCUT2D eigenvalue weighted by Gasteiger charge is -2.07. The number of ether oxygens (including phenoxy) is 1. The highest BCUT2D eigenvalue weighted by Crippen LogP contribution is 2.34. The molecular weight excluding hydrogens is 298 g/mol. The van der Waals surface area contributed by atoms with Crippen LogP contribution in [0, 0.1) is 0 Å². The number of benzene rings is 2. The average molecular weight is 309 g/mol. The molecule has 2 heterocycles. The molecule has 0 aliphatic rings. The summed E-state index contributed by atoms with van der Waals surface area (Å²) in [6.07, 6.45) is 0. The normalized spacial score (nSPS) is 11.0. The van der Waals surface area contributed by atoms with Crippen LogP contribution >= 0.6 is 0 Å². The third-order valence-electron chi connectivity index (χ3n) is 3.45. The second kappa shape index (κ2) is 5.09. The van der Waals surface area contributed by atoms with Crippen LogP contribution in [0.5, 0.6) is 5.75 Å². The molecule has 4 rings (SSSR count). The van der Waals surface area contributed by atoms with Crippen molar-refractivity contribution in [2.24, 2.45) is 0 Å². The Kier molecular flexibility index (Phi) is 2.94. The van der Waals surface area contributed by atoms with E-state index in [-0.39, 0.29) is 17.3 Å². The van der Waals surface area contributed by atoms with E-state index < -0.39 is 0 Å². The first-order valence-electron chi connectivity index (χ1n) is 6.75. The number of anilines is 1. The van der Waals surface area contributed by atoms with E-state index in [1.54, 1.807) is 7.11 Å². The van der Waals surface area contributed by atoms with E-state index in [4.69, 9.17) is 15.0 Å². The van der Waals surface area contributed by atoms with E-state index in [1.807, 2.05) is 36.4 Å². The van der Waals surface area contributed by atoms with E-state index in [9.17, 15) is 0 Å². The van der Waals surface area contributed by atoms with Crippen molar-refractivity contribution in [2.45, 2.75) is 0 Å². The number of nitrogen functional groups attached to an aromatic ring is 1. The first kappa shape index (κ1) is 13.3. The summed E-state index contributed by atoms with van der Waals surface area (Å²) in [6.45, 7) is 0. The van der Waals surface area contributed by atoms with Crippen molar-refractivity contribution in [3.05, 3.63) is 36.4 Å². The van der Waals surface area contributed by atoms with Gasteiger partial charge in [-0.15, -0.1) is 0 Å². The second-order valence-corrected chi connectivity index (χ2v) is 4.82. The highest BCUT2D eigenvalue weighted by molar-refractivity contribution is 5.89. The Balaban J connectivity index is 1.86. The van der Waals surface area contributed by atoms with E-state index in [0.717, 1.165) is 10.8 Å². The number of hydrogen-bond donors (Lipinski definition) is 1. The molecule has 0 aliphatic heterocycles. The fourth-order valence-electron chi connectivity index (χ4n) is 2.34. The van der Waals surface area contributed by atoms with Gasteiger partial charge in [-0.3, -0.25) is 0 Å². The summed E-state index contributed by atoms with van der Waals surface area (Å²) in [5, 5.41) is 13.1. The molecule has 0 radical (unpaired) electrons. The van der Waals surface area contributed by atoms with Crippen LogP contribution in [-0.2, 0) is 0 Å². The van der Waals surface area contributed by atoms with Crippen LogP contribution < -0.4 is 10.5 Å². The van der Waals surface area contributed by atoms with Crippen LogP contribution in [0.25, 0.3) is 33.7 Å². The number of hydrogen-bond acceptors (Lipinski definition) is 8. The standard InChI is InChI=1S/C15H11N5O3/c1-21-11-7-9-5-3-2-4-8(9)6-10(11)15-17-14(20-22-15)12-13(16)19-23-18-12/h2-7H,1H3,(H2,16,19). The molecule has 0 fully saturated rings. The Morgan fingerprint density at radius 2 is 1.83 bits per heavy atom. The SMILES string of the molecule is COc1cc2ccccc2cc1-c1nc(-c2nonc2N)no1. The molecule has 114 valence electrons. The minimum Gasteiger partial charge on any atom is -0.496 e. The maximum absolute atomic E-state index is 5.64. The molecule has 0 aliphatic carbocycles. The monoisotopic (exact) mass is 309 g/mol. The fraction of sp³-hybridized carbons (Fsp3) is 0.0667. The molecule has 0 saturated heterocycles. The van der Waals surface area contributed by atoms with E-state index in [0.29, 0.717) is 17.2 Å². The number of methoxy groups -OCH3 is 1. The van der Waals surface area contributed by atoms with Crippen LogP contribution in [0.3, 0.4) is 0 Å². The highest BCUT2D eigenvalue weighted by Gasteiger charge is 2.19. The first-order chi connectivity index (χ1) is 11.3. The van der Waals surface area contributed by atoms with E-state index in [2.05, 4.69) is 25.1 Å². The van der Waals surface area contributed by atoms with Gasteiger partial charge in [-0.25, -0.2) is 4.63 Å². The van der Waals surface area contributed by atoms with Crippen LogP contribution in [0.1, 0.15) is 0 Å². The Bertz CT molecular complexity index is 992. The molecule has 0 spiro atoms. The zero-order valence-electron chi connectivity index (χ0n) is 12.1. The van der Waals surface area contributed by atoms with Gasteiger partial charge in [0.15, 0.2) is 11.5 Å². The third-order valence-corrected chi connectivity index (χ3v) is 3.45. The summed E-state index contributed by atoms with van der Waals surface area (Å²) < 4.78 is 15.3. The predicted octanol–water partition coefficient (Wildman–Crippen LogP) is 2.53. The molecule has 8 nitrogen and oxygen atoms in total. The minimum absolute atomic E-state index is 0.0998. The van der Waals surface area contributed by atoms with Gasteiger partial charge in [-0.2, -0.15) is 4.98 Å². The van der Waals surface area contributed by atoms with Gasteiger partial charge in [0.1, 0.15) is 5.75 Å². The van der Waals surface area contributed by atoms with Gasteiger partial charge in [0.2, 0.25) is 5.82 Å². The molecule has 0 amide bonds. The molecule has 2 N–H and O–H groups in total. The molecule has 4 aromatic rings.